The van der Waals surface area contributed by atoms with E-state index in [0.717, 1.165) is 42.5 Å². The molecule has 1 fully saturated rings. The molecule has 0 aliphatic carbocycles. The van der Waals surface area contributed by atoms with Crippen molar-refractivity contribution in [1.82, 2.24) is 19.5 Å². The van der Waals surface area contributed by atoms with E-state index in [-0.39, 0.29) is 5.91 Å². The van der Waals surface area contributed by atoms with Gasteiger partial charge in [-0.2, -0.15) is 9.61 Å². The van der Waals surface area contributed by atoms with Gasteiger partial charge >= 0.3 is 0 Å². The molecule has 2 aromatic rings. The van der Waals surface area contributed by atoms with Crippen LogP contribution in [0.1, 0.15) is 35.9 Å². The maximum atomic E-state index is 12.5. The number of imidazole rings is 1. The summed E-state index contributed by atoms with van der Waals surface area (Å²) in [5.74, 6) is 0.790. The van der Waals surface area contributed by atoms with Gasteiger partial charge in [-0.15, -0.1) is 0 Å². The van der Waals surface area contributed by atoms with Crippen LogP contribution in [0.3, 0.4) is 0 Å². The van der Waals surface area contributed by atoms with Gasteiger partial charge in [0.1, 0.15) is 5.51 Å². The molecule has 0 spiro atoms. The molecule has 18 heavy (non-hydrogen) atoms. The number of aromatic nitrogens is 3. The summed E-state index contributed by atoms with van der Waals surface area (Å²) in [6.07, 6.45) is 2.17. The topological polar surface area (TPSA) is 50.5 Å². The summed E-state index contributed by atoms with van der Waals surface area (Å²) in [5, 5.41) is 4.20. The molecule has 3 heterocycles. The predicted octanol–water partition coefficient (Wildman–Crippen LogP) is 1.97. The second-order valence-electron chi connectivity index (χ2n) is 4.95. The van der Waals surface area contributed by atoms with Crippen molar-refractivity contribution < 1.29 is 4.79 Å². The summed E-state index contributed by atoms with van der Waals surface area (Å²) in [6.45, 7) is 5.80. The summed E-state index contributed by atoms with van der Waals surface area (Å²) >= 11 is 1.46. The second-order valence-corrected chi connectivity index (χ2v) is 5.77. The van der Waals surface area contributed by atoms with Crippen molar-refractivity contribution >= 4 is 22.2 Å². The van der Waals surface area contributed by atoms with Gasteiger partial charge in [0, 0.05) is 13.1 Å². The molecule has 0 atom stereocenters. The first kappa shape index (κ1) is 11.6. The zero-order valence-corrected chi connectivity index (χ0v) is 11.4. The minimum absolute atomic E-state index is 0.0674. The van der Waals surface area contributed by atoms with E-state index >= 15 is 0 Å². The van der Waals surface area contributed by atoms with Crippen molar-refractivity contribution in [3.05, 3.63) is 16.9 Å². The van der Waals surface area contributed by atoms with E-state index in [1.54, 1.807) is 10.0 Å². The van der Waals surface area contributed by atoms with Crippen LogP contribution in [0.4, 0.5) is 0 Å². The smallest absolute Gasteiger partial charge is 0.274 e. The molecular formula is C12H16N4OS. The first-order chi connectivity index (χ1) is 8.66. The lowest BCUT2D eigenvalue weighted by atomic mass is 9.99. The number of hydrogen-bond acceptors (Lipinski definition) is 4. The standard InChI is InChI=1S/C12H16N4OS/c1-8-3-5-15(6-4-8)11(17)10-9(2)14-12-16(10)13-7-18-12/h7-8H,3-6H2,1-2H3. The largest absolute Gasteiger partial charge is 0.337 e. The summed E-state index contributed by atoms with van der Waals surface area (Å²) in [7, 11) is 0. The Balaban J connectivity index is 1.92. The van der Waals surface area contributed by atoms with E-state index in [0.29, 0.717) is 5.69 Å². The molecule has 0 N–H and O–H groups in total. The van der Waals surface area contributed by atoms with Crippen LogP contribution in [-0.4, -0.2) is 38.5 Å². The van der Waals surface area contributed by atoms with Gasteiger partial charge in [0.15, 0.2) is 5.69 Å². The van der Waals surface area contributed by atoms with Crippen molar-refractivity contribution in [2.24, 2.45) is 5.92 Å². The molecule has 5 nitrogen and oxygen atoms in total. The lowest BCUT2D eigenvalue weighted by Gasteiger charge is -2.30. The molecule has 2 aromatic heterocycles. The Morgan fingerprint density at radius 1 is 1.44 bits per heavy atom. The number of piperidine rings is 1. The van der Waals surface area contributed by atoms with Gasteiger partial charge in [-0.3, -0.25) is 4.79 Å². The summed E-state index contributed by atoms with van der Waals surface area (Å²) in [4.78, 5) is 19.6. The highest BCUT2D eigenvalue weighted by Crippen LogP contribution is 2.21. The Kier molecular flexibility index (Phi) is 2.81. The van der Waals surface area contributed by atoms with Gasteiger partial charge in [0.25, 0.3) is 5.91 Å². The van der Waals surface area contributed by atoms with Crippen molar-refractivity contribution in [3.63, 3.8) is 0 Å². The number of aryl methyl sites for hydroxylation is 1. The van der Waals surface area contributed by atoms with Gasteiger partial charge < -0.3 is 4.90 Å². The molecule has 1 aliphatic heterocycles. The van der Waals surface area contributed by atoms with E-state index in [1.165, 1.54) is 11.3 Å². The molecule has 1 aliphatic rings. The van der Waals surface area contributed by atoms with Crippen LogP contribution < -0.4 is 0 Å². The average Bonchev–Trinajstić information content (AvgIpc) is 2.89. The van der Waals surface area contributed by atoms with Crippen LogP contribution in [0.15, 0.2) is 5.51 Å². The Bertz CT molecular complexity index is 580. The average molecular weight is 264 g/mol. The fourth-order valence-corrected chi connectivity index (χ4v) is 3.06. The molecular weight excluding hydrogens is 248 g/mol. The SMILES string of the molecule is Cc1nc2scnn2c1C(=O)N1CCC(C)CC1. The maximum absolute atomic E-state index is 12.5. The molecule has 1 amide bonds. The number of hydrogen-bond donors (Lipinski definition) is 0. The Labute approximate surface area is 109 Å². The van der Waals surface area contributed by atoms with Crippen LogP contribution in [0.2, 0.25) is 0 Å². The van der Waals surface area contributed by atoms with Crippen LogP contribution in [0.5, 0.6) is 0 Å². The molecule has 0 aromatic carbocycles. The summed E-state index contributed by atoms with van der Waals surface area (Å²) in [5.41, 5.74) is 3.12. The number of fused-ring (bicyclic) bond motifs is 1. The van der Waals surface area contributed by atoms with Crippen molar-refractivity contribution in [3.8, 4) is 0 Å². The Morgan fingerprint density at radius 2 is 2.17 bits per heavy atom. The monoisotopic (exact) mass is 264 g/mol. The number of likely N-dealkylation sites (tertiary alicyclic amines) is 1. The molecule has 0 bridgehead atoms. The molecule has 6 heteroatoms. The van der Waals surface area contributed by atoms with Crippen LogP contribution in [0.25, 0.3) is 4.96 Å². The fourth-order valence-electron chi connectivity index (χ4n) is 2.40. The van der Waals surface area contributed by atoms with Crippen molar-refractivity contribution in [2.75, 3.05) is 13.1 Å². The number of rotatable bonds is 1. The normalized spacial score (nSPS) is 17.6. The van der Waals surface area contributed by atoms with Gasteiger partial charge in [0.2, 0.25) is 4.96 Å². The lowest BCUT2D eigenvalue weighted by Crippen LogP contribution is -2.38. The number of amides is 1. The first-order valence-electron chi connectivity index (χ1n) is 6.25. The minimum Gasteiger partial charge on any atom is -0.337 e. The molecule has 0 radical (unpaired) electrons. The highest BCUT2D eigenvalue weighted by Gasteiger charge is 2.26. The zero-order chi connectivity index (χ0) is 12.7. The van der Waals surface area contributed by atoms with Gasteiger partial charge in [0.05, 0.1) is 5.69 Å². The minimum atomic E-state index is 0.0674. The third kappa shape index (κ3) is 1.80. The van der Waals surface area contributed by atoms with Crippen LogP contribution >= 0.6 is 11.3 Å². The van der Waals surface area contributed by atoms with Crippen LogP contribution in [0, 0.1) is 12.8 Å². The maximum Gasteiger partial charge on any atom is 0.274 e. The molecule has 0 unspecified atom stereocenters. The van der Waals surface area contributed by atoms with E-state index in [4.69, 9.17) is 0 Å². The highest BCUT2D eigenvalue weighted by molar-refractivity contribution is 7.14. The van der Waals surface area contributed by atoms with E-state index in [2.05, 4.69) is 17.0 Å². The molecule has 0 saturated carbocycles. The third-order valence-corrected chi connectivity index (χ3v) is 4.27. The van der Waals surface area contributed by atoms with E-state index in [9.17, 15) is 4.79 Å². The van der Waals surface area contributed by atoms with Crippen molar-refractivity contribution in [1.29, 1.82) is 0 Å². The third-order valence-electron chi connectivity index (χ3n) is 3.59. The molecule has 96 valence electrons. The van der Waals surface area contributed by atoms with Gasteiger partial charge in [-0.05, 0) is 25.7 Å². The zero-order valence-electron chi connectivity index (χ0n) is 10.6. The van der Waals surface area contributed by atoms with Crippen LogP contribution in [-0.2, 0) is 0 Å². The second kappa shape index (κ2) is 4.35. The quantitative estimate of drug-likeness (QED) is 0.791. The lowest BCUT2D eigenvalue weighted by molar-refractivity contribution is 0.0688. The number of nitrogens with zero attached hydrogens (tertiary/aromatic N) is 4. The van der Waals surface area contributed by atoms with Gasteiger partial charge in [-0.1, -0.05) is 18.3 Å². The van der Waals surface area contributed by atoms with Crippen molar-refractivity contribution in [2.45, 2.75) is 26.7 Å². The van der Waals surface area contributed by atoms with E-state index < -0.39 is 0 Å². The highest BCUT2D eigenvalue weighted by atomic mass is 32.1. The molecule has 1 saturated heterocycles. The Hall–Kier alpha value is -1.43. The van der Waals surface area contributed by atoms with Gasteiger partial charge in [-0.25, -0.2) is 4.98 Å². The van der Waals surface area contributed by atoms with E-state index in [1.807, 2.05) is 11.8 Å². The number of carbonyl (C=O) groups excluding carboxylic acids is 1. The summed E-state index contributed by atoms with van der Waals surface area (Å²) in [6, 6.07) is 0. The Morgan fingerprint density at radius 3 is 2.89 bits per heavy atom. The summed E-state index contributed by atoms with van der Waals surface area (Å²) < 4.78 is 1.67. The first-order valence-corrected chi connectivity index (χ1v) is 7.13. The number of carbonyl (C=O) groups is 1. The predicted molar refractivity (Wildman–Crippen MR) is 69.9 cm³/mol. The fraction of sp³-hybridized carbons (Fsp3) is 0.583. The molecule has 3 rings (SSSR count).